The van der Waals surface area contributed by atoms with Crippen LogP contribution in [0, 0.1) is 0 Å². The quantitative estimate of drug-likeness (QED) is 0.408. The summed E-state index contributed by atoms with van der Waals surface area (Å²) in [6.07, 6.45) is 23.6. The van der Waals surface area contributed by atoms with Gasteiger partial charge in [-0.15, -0.1) is 0 Å². The fourth-order valence-electron chi connectivity index (χ4n) is 5.03. The maximum absolute atomic E-state index is 8.00. The molecule has 0 spiro atoms. The zero-order chi connectivity index (χ0) is 18.9. The first-order valence-corrected chi connectivity index (χ1v) is 11.6. The van der Waals surface area contributed by atoms with E-state index in [2.05, 4.69) is 0 Å². The van der Waals surface area contributed by atoms with Gasteiger partial charge in [-0.1, -0.05) is 65.7 Å². The number of hydrogen-bond acceptors (Lipinski definition) is 3. The maximum atomic E-state index is 8.00. The molecule has 0 amide bonds. The van der Waals surface area contributed by atoms with E-state index in [0.717, 1.165) is 0 Å². The Morgan fingerprint density at radius 2 is 0.615 bits per heavy atom. The smallest absolute Gasteiger partial charge is 0.106 e. The van der Waals surface area contributed by atoms with Crippen LogP contribution in [0.15, 0.2) is 0 Å². The molecule has 0 radical (unpaired) electrons. The van der Waals surface area contributed by atoms with Gasteiger partial charge >= 0.3 is 0 Å². The number of carbonyl (C=O) groups excluding carboxylic acids is 3. The predicted molar refractivity (Wildman–Crippen MR) is 109 cm³/mol. The molecule has 0 atom stereocenters. The molecule has 0 bridgehead atoms. The Labute approximate surface area is 176 Å². The van der Waals surface area contributed by atoms with E-state index in [-0.39, 0.29) is 21.1 Å². The van der Waals surface area contributed by atoms with Gasteiger partial charge in [0, 0.05) is 21.1 Å². The molecular formula is C21H39O3PW. The van der Waals surface area contributed by atoms with Crippen LogP contribution in [0.5, 0.6) is 0 Å². The van der Waals surface area contributed by atoms with Gasteiger partial charge in [-0.25, -0.2) is 0 Å². The largest absolute Gasteiger partial charge is 0.307 e. The molecule has 3 saturated carbocycles. The zero-order valence-corrected chi connectivity index (χ0v) is 20.4. The topological polar surface area (TPSA) is 51.2 Å². The van der Waals surface area contributed by atoms with Crippen molar-refractivity contribution in [2.24, 2.45) is 0 Å². The molecule has 5 heteroatoms. The van der Waals surface area contributed by atoms with Crippen molar-refractivity contribution < 1.29 is 35.4 Å². The minimum absolute atomic E-state index is 0. The van der Waals surface area contributed by atoms with Crippen LogP contribution in [0.1, 0.15) is 96.3 Å². The SMILES string of the molecule is C1CCC(P(C2CCCCC2)C2CCCCC2)CC1.C=O.C=O.C=O.[W]. The molecule has 3 aliphatic carbocycles. The van der Waals surface area contributed by atoms with E-state index in [1.54, 1.807) is 77.0 Å². The molecule has 0 aromatic rings. The van der Waals surface area contributed by atoms with Crippen molar-refractivity contribution in [1.29, 1.82) is 0 Å². The van der Waals surface area contributed by atoms with Crippen LogP contribution < -0.4 is 0 Å². The van der Waals surface area contributed by atoms with Crippen molar-refractivity contribution in [1.82, 2.24) is 0 Å². The van der Waals surface area contributed by atoms with Crippen molar-refractivity contribution >= 4 is 28.3 Å². The van der Waals surface area contributed by atoms with Gasteiger partial charge < -0.3 is 14.4 Å². The molecule has 152 valence electrons. The van der Waals surface area contributed by atoms with E-state index in [9.17, 15) is 0 Å². The van der Waals surface area contributed by atoms with Gasteiger partial charge in [0.15, 0.2) is 0 Å². The summed E-state index contributed by atoms with van der Waals surface area (Å²) >= 11 is 0. The van der Waals surface area contributed by atoms with Crippen molar-refractivity contribution in [2.45, 2.75) is 113 Å². The molecule has 3 fully saturated rings. The van der Waals surface area contributed by atoms with E-state index in [0.29, 0.717) is 7.92 Å². The Hall–Kier alpha value is 0.128. The zero-order valence-electron chi connectivity index (χ0n) is 16.5. The fourth-order valence-corrected chi connectivity index (χ4v) is 9.71. The summed E-state index contributed by atoms with van der Waals surface area (Å²) in [5, 5.41) is 0. The molecule has 0 aliphatic heterocycles. The van der Waals surface area contributed by atoms with E-state index in [1.807, 2.05) is 20.4 Å². The van der Waals surface area contributed by atoms with Crippen molar-refractivity contribution in [3.8, 4) is 0 Å². The van der Waals surface area contributed by atoms with E-state index in [4.69, 9.17) is 14.4 Å². The predicted octanol–water partition coefficient (Wildman–Crippen LogP) is 5.91. The number of hydrogen-bond donors (Lipinski definition) is 0. The molecule has 3 rings (SSSR count). The summed E-state index contributed by atoms with van der Waals surface area (Å²) in [4.78, 5) is 24.0. The third-order valence-corrected chi connectivity index (χ3v) is 10.1. The standard InChI is InChI=1S/C18H33P.3CH2O.W/c1-4-10-16(11-5-1)19(17-12-6-2-7-13-17)18-14-8-3-9-15-18;3*1-2;/h16-18H,1-15H2;3*1H2;. The van der Waals surface area contributed by atoms with Gasteiger partial charge in [0.25, 0.3) is 0 Å². The van der Waals surface area contributed by atoms with Gasteiger partial charge in [0.05, 0.1) is 0 Å². The number of carbonyl (C=O) groups is 3. The molecule has 26 heavy (non-hydrogen) atoms. The van der Waals surface area contributed by atoms with Crippen molar-refractivity contribution in [2.75, 3.05) is 0 Å². The second-order valence-corrected chi connectivity index (χ2v) is 10.4. The van der Waals surface area contributed by atoms with E-state index < -0.39 is 0 Å². The number of rotatable bonds is 3. The molecule has 0 unspecified atom stereocenters. The Balaban J connectivity index is 0. The molecule has 0 saturated heterocycles. The van der Waals surface area contributed by atoms with Gasteiger partial charge in [0.1, 0.15) is 20.4 Å². The summed E-state index contributed by atoms with van der Waals surface area (Å²) in [6.45, 7) is 6.00. The average molecular weight is 554 g/mol. The van der Waals surface area contributed by atoms with Crippen LogP contribution in [0.4, 0.5) is 0 Å². The Bertz CT molecular complexity index is 254. The first kappa shape index (κ1) is 28.3. The first-order chi connectivity index (χ1) is 12.4. The molecule has 0 heterocycles. The molecular weight excluding hydrogens is 515 g/mol. The van der Waals surface area contributed by atoms with Crippen LogP contribution in [0.3, 0.4) is 0 Å². The second-order valence-electron chi connectivity index (χ2n) is 7.32. The summed E-state index contributed by atoms with van der Waals surface area (Å²) in [5.74, 6) is 0. The first-order valence-electron chi connectivity index (χ1n) is 10.1. The van der Waals surface area contributed by atoms with E-state index in [1.165, 1.54) is 36.2 Å². The minimum atomic E-state index is 0. The fraction of sp³-hybridized carbons (Fsp3) is 0.857. The summed E-state index contributed by atoms with van der Waals surface area (Å²) in [5.41, 5.74) is 3.57. The monoisotopic (exact) mass is 554 g/mol. The van der Waals surface area contributed by atoms with Crippen LogP contribution in [0.2, 0.25) is 0 Å². The van der Waals surface area contributed by atoms with Crippen molar-refractivity contribution in [3.63, 3.8) is 0 Å². The average Bonchev–Trinajstić information content (AvgIpc) is 2.75. The molecule has 0 N–H and O–H groups in total. The molecule has 3 aliphatic rings. The van der Waals surface area contributed by atoms with Gasteiger partial charge in [-0.3, -0.25) is 0 Å². The van der Waals surface area contributed by atoms with Crippen LogP contribution in [0.25, 0.3) is 0 Å². The Morgan fingerprint density at radius 3 is 0.808 bits per heavy atom. The normalized spacial score (nSPS) is 21.6. The molecule has 3 nitrogen and oxygen atoms in total. The van der Waals surface area contributed by atoms with Gasteiger partial charge in [0.2, 0.25) is 0 Å². The summed E-state index contributed by atoms with van der Waals surface area (Å²) in [7, 11) is 0.385. The minimum Gasteiger partial charge on any atom is -0.307 e. The third-order valence-electron chi connectivity index (χ3n) is 5.99. The molecule has 0 aromatic heterocycles. The maximum Gasteiger partial charge on any atom is 0.106 e. The summed E-state index contributed by atoms with van der Waals surface area (Å²) in [6, 6.07) is 0. The van der Waals surface area contributed by atoms with Crippen LogP contribution in [-0.4, -0.2) is 37.3 Å². The van der Waals surface area contributed by atoms with Crippen LogP contribution >= 0.6 is 7.92 Å². The van der Waals surface area contributed by atoms with Gasteiger partial charge in [-0.05, 0) is 55.5 Å². The Kier molecular flexibility index (Phi) is 21.7. The van der Waals surface area contributed by atoms with Crippen molar-refractivity contribution in [3.05, 3.63) is 0 Å². The van der Waals surface area contributed by atoms with E-state index >= 15 is 0 Å². The third kappa shape index (κ3) is 9.89. The molecule has 0 aromatic carbocycles. The summed E-state index contributed by atoms with van der Waals surface area (Å²) < 4.78 is 0. The van der Waals surface area contributed by atoms with Crippen LogP contribution in [-0.2, 0) is 35.4 Å². The van der Waals surface area contributed by atoms with Gasteiger partial charge in [-0.2, -0.15) is 0 Å². The second kappa shape index (κ2) is 19.9. The Morgan fingerprint density at radius 1 is 0.423 bits per heavy atom.